The molecule has 1 aromatic rings. The van der Waals surface area contributed by atoms with E-state index in [1.54, 1.807) is 0 Å². The highest BCUT2D eigenvalue weighted by Gasteiger charge is 2.21. The molecule has 1 unspecified atom stereocenters. The predicted molar refractivity (Wildman–Crippen MR) is 43.3 cm³/mol. The van der Waals surface area contributed by atoms with Crippen LogP contribution in [0.1, 0.15) is 25.2 Å². The van der Waals surface area contributed by atoms with Crippen LogP contribution in [0.25, 0.3) is 0 Å². The fourth-order valence-electron chi connectivity index (χ4n) is 1.41. The van der Waals surface area contributed by atoms with Gasteiger partial charge in [0, 0.05) is 18.9 Å². The van der Waals surface area contributed by atoms with Crippen LogP contribution in [0.5, 0.6) is 0 Å². The van der Waals surface area contributed by atoms with Gasteiger partial charge in [0.15, 0.2) is 0 Å². The van der Waals surface area contributed by atoms with E-state index in [1.165, 1.54) is 12.2 Å². The van der Waals surface area contributed by atoms with Crippen LogP contribution < -0.4 is 5.32 Å². The molecular formula is C8H13N3. The number of aryl methyl sites for hydroxylation is 1. The van der Waals surface area contributed by atoms with E-state index in [4.69, 9.17) is 0 Å². The standard InChI is InChI=1S/C8H13N3/c1-2-11-6-5-10-8(11)7-3-4-9-7/h5-7,9H,2-4H2,1H3. The Labute approximate surface area is 66.4 Å². The van der Waals surface area contributed by atoms with E-state index in [1.807, 2.05) is 12.4 Å². The Hall–Kier alpha value is -0.830. The minimum Gasteiger partial charge on any atom is -0.334 e. The summed E-state index contributed by atoms with van der Waals surface area (Å²) in [6.07, 6.45) is 5.14. The van der Waals surface area contributed by atoms with Crippen LogP contribution in [-0.4, -0.2) is 16.1 Å². The molecule has 2 rings (SSSR count). The van der Waals surface area contributed by atoms with Gasteiger partial charge in [-0.05, 0) is 19.9 Å². The second kappa shape index (κ2) is 2.66. The van der Waals surface area contributed by atoms with Gasteiger partial charge in [0.1, 0.15) is 5.82 Å². The van der Waals surface area contributed by atoms with E-state index in [-0.39, 0.29) is 0 Å². The number of hydrogen-bond acceptors (Lipinski definition) is 2. The van der Waals surface area contributed by atoms with Gasteiger partial charge in [-0.3, -0.25) is 0 Å². The Morgan fingerprint density at radius 3 is 3.18 bits per heavy atom. The number of nitrogens with zero attached hydrogens (tertiary/aromatic N) is 2. The molecule has 1 atom stereocenters. The third-order valence-electron chi connectivity index (χ3n) is 2.22. The number of nitrogens with one attached hydrogen (secondary N) is 1. The minimum atomic E-state index is 0.518. The highest BCUT2D eigenvalue weighted by atomic mass is 15.1. The van der Waals surface area contributed by atoms with Crippen molar-refractivity contribution in [2.75, 3.05) is 6.54 Å². The third-order valence-corrected chi connectivity index (χ3v) is 2.22. The Morgan fingerprint density at radius 1 is 1.82 bits per heavy atom. The zero-order chi connectivity index (χ0) is 7.68. The van der Waals surface area contributed by atoms with Crippen LogP contribution in [0.4, 0.5) is 0 Å². The van der Waals surface area contributed by atoms with Crippen molar-refractivity contribution in [1.82, 2.24) is 14.9 Å². The van der Waals surface area contributed by atoms with Crippen molar-refractivity contribution in [3.8, 4) is 0 Å². The Morgan fingerprint density at radius 2 is 2.64 bits per heavy atom. The van der Waals surface area contributed by atoms with Crippen molar-refractivity contribution in [3.63, 3.8) is 0 Å². The van der Waals surface area contributed by atoms with Crippen molar-refractivity contribution >= 4 is 0 Å². The highest BCUT2D eigenvalue weighted by molar-refractivity contribution is 5.02. The number of imidazole rings is 1. The average molecular weight is 151 g/mol. The van der Waals surface area contributed by atoms with Crippen LogP contribution in [0.15, 0.2) is 12.4 Å². The van der Waals surface area contributed by atoms with Crippen molar-refractivity contribution in [3.05, 3.63) is 18.2 Å². The summed E-state index contributed by atoms with van der Waals surface area (Å²) < 4.78 is 2.19. The van der Waals surface area contributed by atoms with Gasteiger partial charge in [0.25, 0.3) is 0 Å². The summed E-state index contributed by atoms with van der Waals surface area (Å²) in [6, 6.07) is 0.518. The molecule has 1 aliphatic heterocycles. The second-order valence-corrected chi connectivity index (χ2v) is 2.87. The summed E-state index contributed by atoms with van der Waals surface area (Å²) in [6.45, 7) is 4.30. The molecule has 3 nitrogen and oxygen atoms in total. The molecule has 0 amide bonds. The maximum Gasteiger partial charge on any atom is 0.125 e. The molecule has 1 saturated heterocycles. The van der Waals surface area contributed by atoms with Gasteiger partial charge < -0.3 is 9.88 Å². The molecule has 1 N–H and O–H groups in total. The second-order valence-electron chi connectivity index (χ2n) is 2.87. The monoisotopic (exact) mass is 151 g/mol. The topological polar surface area (TPSA) is 29.9 Å². The van der Waals surface area contributed by atoms with Crippen molar-refractivity contribution in [2.45, 2.75) is 25.9 Å². The van der Waals surface area contributed by atoms with E-state index >= 15 is 0 Å². The number of rotatable bonds is 2. The molecule has 0 spiro atoms. The lowest BCUT2D eigenvalue weighted by Gasteiger charge is -2.27. The molecule has 0 radical (unpaired) electrons. The molecule has 0 aromatic carbocycles. The SMILES string of the molecule is CCn1ccnc1C1CCN1. The van der Waals surface area contributed by atoms with Crippen molar-refractivity contribution in [2.24, 2.45) is 0 Å². The lowest BCUT2D eigenvalue weighted by atomic mass is 10.1. The number of aromatic nitrogens is 2. The van der Waals surface area contributed by atoms with Gasteiger partial charge in [-0.2, -0.15) is 0 Å². The molecule has 2 heterocycles. The van der Waals surface area contributed by atoms with Crippen LogP contribution in [0, 0.1) is 0 Å². The fourth-order valence-corrected chi connectivity index (χ4v) is 1.41. The van der Waals surface area contributed by atoms with E-state index < -0.39 is 0 Å². The van der Waals surface area contributed by atoms with E-state index in [9.17, 15) is 0 Å². The normalized spacial score (nSPS) is 23.2. The Balaban J connectivity index is 2.20. The quantitative estimate of drug-likeness (QED) is 0.681. The first-order valence-corrected chi connectivity index (χ1v) is 4.16. The molecule has 0 aliphatic carbocycles. The van der Waals surface area contributed by atoms with Gasteiger partial charge in [-0.15, -0.1) is 0 Å². The van der Waals surface area contributed by atoms with Crippen LogP contribution in [0.2, 0.25) is 0 Å². The first kappa shape index (κ1) is 6.85. The molecule has 1 aromatic heterocycles. The molecule has 1 fully saturated rings. The van der Waals surface area contributed by atoms with E-state index in [2.05, 4.69) is 21.8 Å². The van der Waals surface area contributed by atoms with Gasteiger partial charge in [-0.25, -0.2) is 4.98 Å². The van der Waals surface area contributed by atoms with Crippen molar-refractivity contribution in [1.29, 1.82) is 0 Å². The molecule has 60 valence electrons. The van der Waals surface area contributed by atoms with E-state index in [0.717, 1.165) is 13.1 Å². The van der Waals surface area contributed by atoms with Gasteiger partial charge in [-0.1, -0.05) is 0 Å². The molecule has 1 aliphatic rings. The summed E-state index contributed by atoms with van der Waals surface area (Å²) in [5, 5.41) is 3.34. The largest absolute Gasteiger partial charge is 0.334 e. The smallest absolute Gasteiger partial charge is 0.125 e. The fraction of sp³-hybridized carbons (Fsp3) is 0.625. The average Bonchev–Trinajstić information content (AvgIpc) is 2.32. The van der Waals surface area contributed by atoms with Gasteiger partial charge >= 0.3 is 0 Å². The summed E-state index contributed by atoms with van der Waals surface area (Å²) in [5.74, 6) is 1.19. The summed E-state index contributed by atoms with van der Waals surface area (Å²) >= 11 is 0. The summed E-state index contributed by atoms with van der Waals surface area (Å²) in [5.41, 5.74) is 0. The number of hydrogen-bond donors (Lipinski definition) is 1. The zero-order valence-electron chi connectivity index (χ0n) is 6.75. The van der Waals surface area contributed by atoms with Crippen LogP contribution >= 0.6 is 0 Å². The molecule has 3 heteroatoms. The lowest BCUT2D eigenvalue weighted by Crippen LogP contribution is -2.36. The molecular weight excluding hydrogens is 138 g/mol. The molecule has 11 heavy (non-hydrogen) atoms. The first-order valence-electron chi connectivity index (χ1n) is 4.16. The molecule has 0 saturated carbocycles. The van der Waals surface area contributed by atoms with Crippen LogP contribution in [-0.2, 0) is 6.54 Å². The zero-order valence-corrected chi connectivity index (χ0v) is 6.75. The van der Waals surface area contributed by atoms with Gasteiger partial charge in [0.05, 0.1) is 6.04 Å². The third kappa shape index (κ3) is 1.05. The molecule has 0 bridgehead atoms. The Bertz CT molecular complexity index is 237. The maximum absolute atomic E-state index is 4.31. The van der Waals surface area contributed by atoms with Crippen LogP contribution in [0.3, 0.4) is 0 Å². The Kier molecular flexibility index (Phi) is 1.66. The highest BCUT2D eigenvalue weighted by Crippen LogP contribution is 2.20. The lowest BCUT2D eigenvalue weighted by molar-refractivity contribution is 0.355. The predicted octanol–water partition coefficient (Wildman–Crippen LogP) is 0.937. The van der Waals surface area contributed by atoms with Crippen molar-refractivity contribution < 1.29 is 0 Å². The minimum absolute atomic E-state index is 0.518. The van der Waals surface area contributed by atoms with Gasteiger partial charge in [0.2, 0.25) is 0 Å². The van der Waals surface area contributed by atoms with E-state index in [0.29, 0.717) is 6.04 Å². The summed E-state index contributed by atoms with van der Waals surface area (Å²) in [4.78, 5) is 4.31. The summed E-state index contributed by atoms with van der Waals surface area (Å²) in [7, 11) is 0. The maximum atomic E-state index is 4.31. The first-order chi connectivity index (χ1) is 5.42.